The number of aryl methyl sites for hydroxylation is 1. The summed E-state index contributed by atoms with van der Waals surface area (Å²) >= 11 is 0. The number of rotatable bonds is 3. The Labute approximate surface area is 147 Å². The van der Waals surface area contributed by atoms with E-state index in [1.165, 1.54) is 12.3 Å². The summed E-state index contributed by atoms with van der Waals surface area (Å²) in [5, 5.41) is 12.7. The van der Waals surface area contributed by atoms with Crippen LogP contribution in [0.2, 0.25) is 0 Å². The fourth-order valence-corrected chi connectivity index (χ4v) is 3.14. The number of hydrogen-bond acceptors (Lipinski definition) is 5. The number of ether oxygens (including phenoxy) is 1. The lowest BCUT2D eigenvalue weighted by atomic mass is 10.0. The van der Waals surface area contributed by atoms with E-state index >= 15 is 0 Å². The first-order valence-corrected chi connectivity index (χ1v) is 8.29. The zero-order valence-electron chi connectivity index (χ0n) is 14.0. The smallest absolute Gasteiger partial charge is 0.155 e. The van der Waals surface area contributed by atoms with E-state index in [4.69, 9.17) is 9.84 Å². The highest BCUT2D eigenvalue weighted by Gasteiger charge is 2.25. The van der Waals surface area contributed by atoms with E-state index in [1.54, 1.807) is 12.3 Å². The molecule has 0 spiro atoms. The Morgan fingerprint density at radius 3 is 2.85 bits per heavy atom. The first-order valence-electron chi connectivity index (χ1n) is 8.29. The molecule has 0 saturated carbocycles. The summed E-state index contributed by atoms with van der Waals surface area (Å²) in [7, 11) is 0. The minimum atomic E-state index is -0.376. The number of aromatic nitrogens is 6. The van der Waals surface area contributed by atoms with Gasteiger partial charge in [-0.15, -0.1) is 0 Å². The Kier molecular flexibility index (Phi) is 3.32. The topological polar surface area (TPSA) is 81.5 Å². The Hall–Kier alpha value is -3.13. The number of halogens is 1. The largest absolute Gasteiger partial charge is 0.377 e. The Morgan fingerprint density at radius 1 is 1.23 bits per heavy atom. The van der Waals surface area contributed by atoms with E-state index in [1.807, 2.05) is 23.9 Å². The molecule has 0 amide bonds. The molecule has 5 heterocycles. The molecule has 0 aromatic carbocycles. The van der Waals surface area contributed by atoms with Crippen molar-refractivity contribution in [1.82, 2.24) is 29.9 Å². The third-order valence-electron chi connectivity index (χ3n) is 4.54. The lowest BCUT2D eigenvalue weighted by molar-refractivity contribution is -0.0285. The summed E-state index contributed by atoms with van der Waals surface area (Å²) in [6, 6.07) is 5.24. The molecule has 4 aromatic rings. The van der Waals surface area contributed by atoms with Gasteiger partial charge in [0.25, 0.3) is 0 Å². The van der Waals surface area contributed by atoms with Crippen LogP contribution in [0.3, 0.4) is 0 Å². The van der Waals surface area contributed by atoms with E-state index in [0.29, 0.717) is 24.6 Å². The van der Waals surface area contributed by atoms with Crippen LogP contribution in [0.5, 0.6) is 0 Å². The fourth-order valence-electron chi connectivity index (χ4n) is 3.14. The lowest BCUT2D eigenvalue weighted by Crippen LogP contribution is -2.30. The molecule has 1 fully saturated rings. The fraction of sp³-hybridized carbons (Fsp3) is 0.222. The predicted molar refractivity (Wildman–Crippen MR) is 92.9 cm³/mol. The molecule has 8 heteroatoms. The minimum absolute atomic E-state index is 0.200. The van der Waals surface area contributed by atoms with Gasteiger partial charge in [0, 0.05) is 22.8 Å². The number of H-pyrrole nitrogens is 1. The van der Waals surface area contributed by atoms with Crippen molar-refractivity contribution in [2.45, 2.75) is 13.0 Å². The first kappa shape index (κ1) is 15.2. The molecule has 0 radical (unpaired) electrons. The van der Waals surface area contributed by atoms with Crippen LogP contribution in [0.4, 0.5) is 4.39 Å². The highest BCUT2D eigenvalue weighted by atomic mass is 19.1. The molecule has 5 rings (SSSR count). The van der Waals surface area contributed by atoms with E-state index in [2.05, 4.69) is 20.2 Å². The number of aromatic amines is 1. The molecule has 0 bridgehead atoms. The third kappa shape index (κ3) is 2.38. The summed E-state index contributed by atoms with van der Waals surface area (Å²) in [5.41, 5.74) is 4.78. The summed E-state index contributed by atoms with van der Waals surface area (Å²) in [6.45, 7) is 3.20. The molecular formula is C18H15FN6O. The van der Waals surface area contributed by atoms with Crippen molar-refractivity contribution in [3.05, 3.63) is 48.3 Å². The maximum Gasteiger partial charge on any atom is 0.155 e. The minimum Gasteiger partial charge on any atom is -0.377 e. The average molecular weight is 350 g/mol. The van der Waals surface area contributed by atoms with E-state index in [9.17, 15) is 4.39 Å². The van der Waals surface area contributed by atoms with Gasteiger partial charge in [0.1, 0.15) is 11.5 Å². The predicted octanol–water partition coefficient (Wildman–Crippen LogP) is 2.90. The highest BCUT2D eigenvalue weighted by molar-refractivity contribution is 5.96. The SMILES string of the molecule is Cc1cc(-c2cn(C3COC3)nc2-c2ccc(F)cn2)c2cn[nH]c2n1. The number of pyridine rings is 2. The lowest BCUT2D eigenvalue weighted by Gasteiger charge is -2.25. The van der Waals surface area contributed by atoms with Crippen molar-refractivity contribution in [3.63, 3.8) is 0 Å². The molecular weight excluding hydrogens is 335 g/mol. The van der Waals surface area contributed by atoms with Crippen LogP contribution >= 0.6 is 0 Å². The van der Waals surface area contributed by atoms with Crippen LogP contribution < -0.4 is 0 Å². The highest BCUT2D eigenvalue weighted by Crippen LogP contribution is 2.35. The van der Waals surface area contributed by atoms with Gasteiger partial charge in [-0.25, -0.2) is 9.37 Å². The molecule has 1 aliphatic rings. The molecule has 4 aromatic heterocycles. The quantitative estimate of drug-likeness (QED) is 0.614. The number of hydrogen-bond donors (Lipinski definition) is 1. The molecule has 0 atom stereocenters. The molecule has 0 unspecified atom stereocenters. The maximum absolute atomic E-state index is 13.3. The average Bonchev–Trinajstić information content (AvgIpc) is 3.20. The van der Waals surface area contributed by atoms with Crippen LogP contribution in [0.15, 0.2) is 36.8 Å². The van der Waals surface area contributed by atoms with E-state index < -0.39 is 0 Å². The molecule has 1 saturated heterocycles. The summed E-state index contributed by atoms with van der Waals surface area (Å²) in [4.78, 5) is 8.69. The second-order valence-electron chi connectivity index (χ2n) is 6.37. The van der Waals surface area contributed by atoms with Gasteiger partial charge in [-0.1, -0.05) is 0 Å². The molecule has 1 N–H and O–H groups in total. The van der Waals surface area contributed by atoms with Crippen molar-refractivity contribution < 1.29 is 9.13 Å². The summed E-state index contributed by atoms with van der Waals surface area (Å²) in [6.07, 6.45) is 4.95. The second kappa shape index (κ2) is 5.70. The van der Waals surface area contributed by atoms with Gasteiger partial charge < -0.3 is 4.74 Å². The van der Waals surface area contributed by atoms with Crippen LogP contribution in [-0.2, 0) is 4.74 Å². The zero-order valence-corrected chi connectivity index (χ0v) is 14.0. The molecule has 1 aliphatic heterocycles. The molecule has 26 heavy (non-hydrogen) atoms. The molecule has 7 nitrogen and oxygen atoms in total. The number of nitrogens with one attached hydrogen (secondary N) is 1. The Bertz CT molecular complexity index is 1100. The van der Waals surface area contributed by atoms with Crippen LogP contribution in [0, 0.1) is 12.7 Å². The van der Waals surface area contributed by atoms with Crippen molar-refractivity contribution in [3.8, 4) is 22.5 Å². The molecule has 130 valence electrons. The van der Waals surface area contributed by atoms with Gasteiger partial charge >= 0.3 is 0 Å². The van der Waals surface area contributed by atoms with Crippen LogP contribution in [0.25, 0.3) is 33.5 Å². The maximum atomic E-state index is 13.3. The van der Waals surface area contributed by atoms with Gasteiger partial charge in [0.15, 0.2) is 5.65 Å². The summed E-state index contributed by atoms with van der Waals surface area (Å²) < 4.78 is 20.5. The van der Waals surface area contributed by atoms with Gasteiger partial charge in [0.05, 0.1) is 37.3 Å². The van der Waals surface area contributed by atoms with Gasteiger partial charge in [-0.3, -0.25) is 14.8 Å². The number of nitrogens with zero attached hydrogens (tertiary/aromatic N) is 5. The van der Waals surface area contributed by atoms with Gasteiger partial charge in [-0.05, 0) is 30.7 Å². The van der Waals surface area contributed by atoms with E-state index in [0.717, 1.165) is 27.9 Å². The van der Waals surface area contributed by atoms with Crippen LogP contribution in [-0.4, -0.2) is 43.2 Å². The van der Waals surface area contributed by atoms with Gasteiger partial charge in [0.2, 0.25) is 0 Å². The first-order chi connectivity index (χ1) is 12.7. The number of fused-ring (bicyclic) bond motifs is 1. The normalized spacial score (nSPS) is 14.7. The van der Waals surface area contributed by atoms with Crippen molar-refractivity contribution in [2.24, 2.45) is 0 Å². The second-order valence-corrected chi connectivity index (χ2v) is 6.37. The zero-order chi connectivity index (χ0) is 17.7. The third-order valence-corrected chi connectivity index (χ3v) is 4.54. The van der Waals surface area contributed by atoms with E-state index in [-0.39, 0.29) is 11.9 Å². The monoisotopic (exact) mass is 350 g/mol. The Balaban J connectivity index is 1.75. The molecule has 0 aliphatic carbocycles. The standard InChI is InChI=1S/C18H15FN6O/c1-10-4-13(14-6-21-23-18(14)22-10)15-7-25(12-8-26-9-12)24-17(15)16-3-2-11(19)5-20-16/h2-7,12H,8-9H2,1H3,(H,21,22,23). The van der Waals surface area contributed by atoms with Crippen molar-refractivity contribution in [1.29, 1.82) is 0 Å². The van der Waals surface area contributed by atoms with Crippen molar-refractivity contribution >= 4 is 11.0 Å². The van der Waals surface area contributed by atoms with Gasteiger partial charge in [-0.2, -0.15) is 10.2 Å². The summed E-state index contributed by atoms with van der Waals surface area (Å²) in [5.74, 6) is -0.376. The van der Waals surface area contributed by atoms with Crippen molar-refractivity contribution in [2.75, 3.05) is 13.2 Å². The Morgan fingerprint density at radius 2 is 2.12 bits per heavy atom. The van der Waals surface area contributed by atoms with Crippen LogP contribution in [0.1, 0.15) is 11.7 Å².